The number of rotatable bonds is 7. The van der Waals surface area contributed by atoms with E-state index in [0.29, 0.717) is 6.04 Å². The Morgan fingerprint density at radius 3 is 3.14 bits per heavy atom. The minimum absolute atomic E-state index is 0.552. The van der Waals surface area contributed by atoms with Crippen LogP contribution in [-0.4, -0.2) is 37.2 Å². The first kappa shape index (κ1) is 15.6. The predicted molar refractivity (Wildman–Crippen MR) is 88.8 cm³/mol. The average Bonchev–Trinajstić information content (AvgIpc) is 3.19. The lowest BCUT2D eigenvalue weighted by atomic mass is 10.0. The summed E-state index contributed by atoms with van der Waals surface area (Å²) in [5, 5.41) is 7.79. The number of hydrogen-bond acceptors (Lipinski definition) is 5. The van der Waals surface area contributed by atoms with Crippen LogP contribution in [0.15, 0.2) is 18.0 Å². The average molecular weight is 319 g/mol. The van der Waals surface area contributed by atoms with Gasteiger partial charge in [0.15, 0.2) is 0 Å². The summed E-state index contributed by atoms with van der Waals surface area (Å²) < 4.78 is 1.96. The maximum absolute atomic E-state index is 4.82. The molecule has 2 aromatic heterocycles. The molecule has 1 saturated heterocycles. The second-order valence-electron chi connectivity index (χ2n) is 6.07. The number of aromatic nitrogens is 4. The van der Waals surface area contributed by atoms with Gasteiger partial charge in [0.2, 0.25) is 0 Å². The zero-order valence-electron chi connectivity index (χ0n) is 13.3. The van der Waals surface area contributed by atoms with Gasteiger partial charge in [-0.15, -0.1) is 11.3 Å². The molecule has 0 amide bonds. The lowest BCUT2D eigenvalue weighted by Gasteiger charge is -2.35. The second-order valence-corrected chi connectivity index (χ2v) is 7.02. The first-order chi connectivity index (χ1) is 10.8. The molecule has 0 aromatic carbocycles. The Kier molecular flexibility index (Phi) is 5.56. The number of unbranched alkanes of at least 4 members (excludes halogenated alkanes) is 1. The van der Waals surface area contributed by atoms with E-state index in [2.05, 4.69) is 27.3 Å². The van der Waals surface area contributed by atoms with E-state index in [4.69, 9.17) is 4.98 Å². The molecule has 1 atom stereocenters. The van der Waals surface area contributed by atoms with Crippen LogP contribution in [0, 0.1) is 0 Å². The lowest BCUT2D eigenvalue weighted by Crippen LogP contribution is -2.41. The second kappa shape index (κ2) is 7.83. The van der Waals surface area contributed by atoms with Crippen molar-refractivity contribution < 1.29 is 0 Å². The van der Waals surface area contributed by atoms with Gasteiger partial charge in [-0.25, -0.2) is 9.97 Å². The molecule has 0 aliphatic carbocycles. The van der Waals surface area contributed by atoms with Gasteiger partial charge in [0, 0.05) is 18.0 Å². The van der Waals surface area contributed by atoms with Crippen molar-refractivity contribution in [2.24, 2.45) is 0 Å². The number of thiazole rings is 1. The quantitative estimate of drug-likeness (QED) is 0.786. The lowest BCUT2D eigenvalue weighted by molar-refractivity contribution is 0.120. The predicted octanol–water partition coefficient (Wildman–Crippen LogP) is 3.13. The molecule has 0 radical (unpaired) electrons. The molecule has 0 spiro atoms. The fourth-order valence-electron chi connectivity index (χ4n) is 3.09. The Bertz CT molecular complexity index is 551. The van der Waals surface area contributed by atoms with Gasteiger partial charge in [-0.05, 0) is 32.2 Å². The van der Waals surface area contributed by atoms with Crippen molar-refractivity contribution in [3.63, 3.8) is 0 Å². The number of piperidine rings is 1. The summed E-state index contributed by atoms with van der Waals surface area (Å²) in [4.78, 5) is 11.4. The zero-order chi connectivity index (χ0) is 15.2. The van der Waals surface area contributed by atoms with Crippen molar-refractivity contribution in [1.29, 1.82) is 0 Å². The van der Waals surface area contributed by atoms with Crippen LogP contribution < -0.4 is 0 Å². The highest BCUT2D eigenvalue weighted by Crippen LogP contribution is 2.22. The normalized spacial score (nSPS) is 19.6. The third kappa shape index (κ3) is 4.14. The van der Waals surface area contributed by atoms with Gasteiger partial charge in [-0.3, -0.25) is 9.58 Å². The summed E-state index contributed by atoms with van der Waals surface area (Å²) in [6, 6.07) is 0.552. The molecule has 3 rings (SSSR count). The fraction of sp³-hybridized carbons (Fsp3) is 0.688. The molecular formula is C16H25N5S. The van der Waals surface area contributed by atoms with Crippen molar-refractivity contribution in [3.05, 3.63) is 28.7 Å². The number of aryl methyl sites for hydroxylation is 1. The summed E-state index contributed by atoms with van der Waals surface area (Å²) in [5.74, 6) is 0. The SMILES string of the molecule is CCCCc1nc(CN2CCCCC2Cn2cncn2)cs1. The van der Waals surface area contributed by atoms with Crippen molar-refractivity contribution >= 4 is 11.3 Å². The van der Waals surface area contributed by atoms with E-state index in [-0.39, 0.29) is 0 Å². The fourth-order valence-corrected chi connectivity index (χ4v) is 3.92. The van der Waals surface area contributed by atoms with Gasteiger partial charge in [0.05, 0.1) is 17.2 Å². The highest BCUT2D eigenvalue weighted by atomic mass is 32.1. The van der Waals surface area contributed by atoms with Crippen molar-refractivity contribution in [2.75, 3.05) is 6.54 Å². The van der Waals surface area contributed by atoms with Gasteiger partial charge in [0.25, 0.3) is 0 Å². The maximum Gasteiger partial charge on any atom is 0.137 e. The molecule has 120 valence electrons. The number of likely N-dealkylation sites (tertiary alicyclic amines) is 1. The van der Waals surface area contributed by atoms with Gasteiger partial charge >= 0.3 is 0 Å². The minimum atomic E-state index is 0.552. The molecule has 5 nitrogen and oxygen atoms in total. The summed E-state index contributed by atoms with van der Waals surface area (Å²) in [7, 11) is 0. The molecule has 0 saturated carbocycles. The molecule has 6 heteroatoms. The van der Waals surface area contributed by atoms with Crippen LogP contribution in [0.25, 0.3) is 0 Å². The Labute approximate surface area is 136 Å². The molecule has 22 heavy (non-hydrogen) atoms. The van der Waals surface area contributed by atoms with Gasteiger partial charge in [-0.1, -0.05) is 19.8 Å². The van der Waals surface area contributed by atoms with E-state index >= 15 is 0 Å². The first-order valence-corrected chi connectivity index (χ1v) is 9.23. The summed E-state index contributed by atoms with van der Waals surface area (Å²) in [6.07, 6.45) is 10.9. The van der Waals surface area contributed by atoms with Crippen molar-refractivity contribution in [2.45, 2.75) is 64.6 Å². The zero-order valence-corrected chi connectivity index (χ0v) is 14.1. The van der Waals surface area contributed by atoms with Crippen LogP contribution in [0.1, 0.15) is 49.7 Å². The molecule has 0 N–H and O–H groups in total. The third-order valence-corrected chi connectivity index (χ3v) is 5.28. The largest absolute Gasteiger partial charge is 0.293 e. The van der Waals surface area contributed by atoms with Crippen molar-refractivity contribution in [3.8, 4) is 0 Å². The maximum atomic E-state index is 4.82. The third-order valence-electron chi connectivity index (χ3n) is 4.32. The van der Waals surface area contributed by atoms with Crippen LogP contribution in [0.5, 0.6) is 0 Å². The topological polar surface area (TPSA) is 46.8 Å². The van der Waals surface area contributed by atoms with E-state index < -0.39 is 0 Å². The van der Waals surface area contributed by atoms with Crippen molar-refractivity contribution in [1.82, 2.24) is 24.6 Å². The Morgan fingerprint density at radius 1 is 1.36 bits per heavy atom. The van der Waals surface area contributed by atoms with E-state index in [1.54, 1.807) is 6.33 Å². The smallest absolute Gasteiger partial charge is 0.137 e. The van der Waals surface area contributed by atoms with Gasteiger partial charge < -0.3 is 0 Å². The number of nitrogens with zero attached hydrogens (tertiary/aromatic N) is 5. The Balaban J connectivity index is 1.59. The molecule has 1 unspecified atom stereocenters. The van der Waals surface area contributed by atoms with E-state index in [1.165, 1.54) is 49.4 Å². The molecule has 2 aromatic rings. The highest BCUT2D eigenvalue weighted by Gasteiger charge is 2.23. The van der Waals surface area contributed by atoms with Crippen LogP contribution in [-0.2, 0) is 19.5 Å². The van der Waals surface area contributed by atoms with Crippen LogP contribution in [0.4, 0.5) is 0 Å². The molecule has 0 bridgehead atoms. The standard InChI is InChI=1S/C16H25N5S/c1-2-3-7-16-19-14(11-22-16)9-20-8-5-4-6-15(20)10-21-13-17-12-18-21/h11-13,15H,2-10H2,1H3. The molecular weight excluding hydrogens is 294 g/mol. The van der Waals surface area contributed by atoms with Crippen LogP contribution in [0.3, 0.4) is 0 Å². The van der Waals surface area contributed by atoms with E-state index in [1.807, 2.05) is 22.3 Å². The molecule has 3 heterocycles. The summed E-state index contributed by atoms with van der Waals surface area (Å²) in [5.41, 5.74) is 1.24. The van der Waals surface area contributed by atoms with Gasteiger partial charge in [-0.2, -0.15) is 5.10 Å². The molecule has 1 aliphatic heterocycles. The Morgan fingerprint density at radius 2 is 2.32 bits per heavy atom. The van der Waals surface area contributed by atoms with E-state index in [9.17, 15) is 0 Å². The summed E-state index contributed by atoms with van der Waals surface area (Å²) >= 11 is 1.82. The van der Waals surface area contributed by atoms with Crippen LogP contribution >= 0.6 is 11.3 Å². The summed E-state index contributed by atoms with van der Waals surface area (Å²) in [6.45, 7) is 5.31. The highest BCUT2D eigenvalue weighted by molar-refractivity contribution is 7.09. The van der Waals surface area contributed by atoms with E-state index in [0.717, 1.165) is 19.5 Å². The van der Waals surface area contributed by atoms with Crippen LogP contribution in [0.2, 0.25) is 0 Å². The minimum Gasteiger partial charge on any atom is -0.293 e. The molecule has 1 fully saturated rings. The first-order valence-electron chi connectivity index (χ1n) is 8.35. The monoisotopic (exact) mass is 319 g/mol. The van der Waals surface area contributed by atoms with Gasteiger partial charge in [0.1, 0.15) is 12.7 Å². The molecule has 1 aliphatic rings. The number of hydrogen-bond donors (Lipinski definition) is 0. The Hall–Kier alpha value is -1.27.